The largest absolute Gasteiger partial charge is 0.479 e. The highest BCUT2D eigenvalue weighted by atomic mass is 79.9. The van der Waals surface area contributed by atoms with Crippen molar-refractivity contribution < 1.29 is 14.7 Å². The fourth-order valence-corrected chi connectivity index (χ4v) is 2.90. The van der Waals surface area contributed by atoms with Gasteiger partial charge in [0.15, 0.2) is 11.2 Å². The molecule has 0 aliphatic carbocycles. The Hall–Kier alpha value is -1.64. The summed E-state index contributed by atoms with van der Waals surface area (Å²) in [5.74, 6) is -1.21. The minimum atomic E-state index is -1.25. The van der Waals surface area contributed by atoms with Gasteiger partial charge < -0.3 is 10.4 Å². The number of rotatable bonds is 4. The molecule has 0 radical (unpaired) electrons. The standard InChI is InChI=1S/C12H9BrClN3O3S/c13-8-5-15-12(21-8)17-11(20)16-9(10(18)19)6-3-1-2-4-7(6)14/h1-5,9H,(H,18,19)(H2,15,16,17,20)/t9-/m1/s1. The maximum absolute atomic E-state index is 11.8. The molecule has 0 saturated carbocycles. The quantitative estimate of drug-likeness (QED) is 0.745. The van der Waals surface area contributed by atoms with Crippen LogP contribution in [0.1, 0.15) is 11.6 Å². The zero-order valence-corrected chi connectivity index (χ0v) is 13.5. The lowest BCUT2D eigenvalue weighted by molar-refractivity contribution is -0.139. The van der Waals surface area contributed by atoms with Gasteiger partial charge in [-0.1, -0.05) is 41.1 Å². The Kier molecular flexibility index (Phi) is 5.16. The van der Waals surface area contributed by atoms with Crippen LogP contribution in [0.5, 0.6) is 0 Å². The molecule has 2 rings (SSSR count). The second-order valence-corrected chi connectivity index (χ2v) is 6.68. The number of aromatic nitrogens is 1. The van der Waals surface area contributed by atoms with Crippen LogP contribution in [0.4, 0.5) is 9.93 Å². The number of thiazole rings is 1. The first-order chi connectivity index (χ1) is 9.97. The molecule has 0 aliphatic heterocycles. The van der Waals surface area contributed by atoms with Crippen molar-refractivity contribution in [1.29, 1.82) is 0 Å². The van der Waals surface area contributed by atoms with Crippen LogP contribution in [0.3, 0.4) is 0 Å². The average molecular weight is 391 g/mol. The number of hydrogen-bond donors (Lipinski definition) is 3. The van der Waals surface area contributed by atoms with E-state index in [9.17, 15) is 14.7 Å². The van der Waals surface area contributed by atoms with Crippen LogP contribution in [0.25, 0.3) is 0 Å². The Bertz CT molecular complexity index is 679. The monoisotopic (exact) mass is 389 g/mol. The molecule has 3 N–H and O–H groups in total. The molecule has 1 atom stereocenters. The van der Waals surface area contributed by atoms with Gasteiger partial charge in [-0.05, 0) is 22.0 Å². The summed E-state index contributed by atoms with van der Waals surface area (Å²) in [4.78, 5) is 27.1. The Morgan fingerprint density at radius 1 is 1.38 bits per heavy atom. The second kappa shape index (κ2) is 6.88. The number of nitrogens with one attached hydrogen (secondary N) is 2. The number of anilines is 1. The van der Waals surface area contributed by atoms with Crippen LogP contribution >= 0.6 is 38.9 Å². The Morgan fingerprint density at radius 3 is 2.67 bits per heavy atom. The first-order valence-electron chi connectivity index (χ1n) is 5.63. The van der Waals surface area contributed by atoms with Crippen LogP contribution in [-0.2, 0) is 4.79 Å². The normalized spacial score (nSPS) is 11.7. The summed E-state index contributed by atoms with van der Waals surface area (Å²) < 4.78 is 0.749. The minimum absolute atomic E-state index is 0.266. The number of carboxylic acids is 1. The first kappa shape index (κ1) is 15.7. The van der Waals surface area contributed by atoms with Crippen LogP contribution in [0.2, 0.25) is 5.02 Å². The molecule has 0 bridgehead atoms. The van der Waals surface area contributed by atoms with E-state index in [2.05, 4.69) is 31.5 Å². The molecule has 0 aliphatic rings. The Morgan fingerprint density at radius 2 is 2.10 bits per heavy atom. The van der Waals surface area contributed by atoms with Gasteiger partial charge in [-0.25, -0.2) is 14.6 Å². The van der Waals surface area contributed by atoms with Gasteiger partial charge in [0, 0.05) is 10.6 Å². The highest BCUT2D eigenvalue weighted by Gasteiger charge is 2.24. The van der Waals surface area contributed by atoms with E-state index in [0.717, 1.165) is 3.79 Å². The van der Waals surface area contributed by atoms with Gasteiger partial charge in [-0.15, -0.1) is 0 Å². The van der Waals surface area contributed by atoms with Crippen molar-refractivity contribution in [2.24, 2.45) is 0 Å². The number of carboxylic acid groups (broad SMARTS) is 1. The van der Waals surface area contributed by atoms with Gasteiger partial charge in [0.05, 0.1) is 9.98 Å². The fourth-order valence-electron chi connectivity index (χ4n) is 1.56. The molecule has 0 saturated heterocycles. The molecule has 1 aromatic heterocycles. The fraction of sp³-hybridized carbons (Fsp3) is 0.0833. The van der Waals surface area contributed by atoms with Crippen molar-refractivity contribution in [3.63, 3.8) is 0 Å². The van der Waals surface area contributed by atoms with Crippen LogP contribution < -0.4 is 10.6 Å². The zero-order chi connectivity index (χ0) is 15.4. The number of nitrogens with zero attached hydrogens (tertiary/aromatic N) is 1. The number of carbonyl (C=O) groups is 2. The molecule has 0 spiro atoms. The number of hydrogen-bond acceptors (Lipinski definition) is 4. The maximum Gasteiger partial charge on any atom is 0.331 e. The van der Waals surface area contributed by atoms with E-state index in [1.165, 1.54) is 17.5 Å². The third-order valence-corrected chi connectivity index (χ3v) is 4.17. The third-order valence-electron chi connectivity index (χ3n) is 2.44. The first-order valence-corrected chi connectivity index (χ1v) is 7.62. The molecule has 1 aromatic carbocycles. The SMILES string of the molecule is O=C(Nc1ncc(Br)s1)N[C@@H](C(=O)O)c1ccccc1Cl. The predicted molar refractivity (Wildman–Crippen MR) is 83.8 cm³/mol. The smallest absolute Gasteiger partial charge is 0.331 e. The third kappa shape index (κ3) is 4.16. The Labute approximate surface area is 137 Å². The zero-order valence-electron chi connectivity index (χ0n) is 10.3. The van der Waals surface area contributed by atoms with Gasteiger partial charge in [-0.3, -0.25) is 5.32 Å². The van der Waals surface area contributed by atoms with Crippen molar-refractivity contribution in [1.82, 2.24) is 10.3 Å². The van der Waals surface area contributed by atoms with Crippen molar-refractivity contribution in [3.05, 3.63) is 44.8 Å². The van der Waals surface area contributed by atoms with E-state index in [-0.39, 0.29) is 5.02 Å². The molecular formula is C12H9BrClN3O3S. The molecule has 9 heteroatoms. The van der Waals surface area contributed by atoms with E-state index in [4.69, 9.17) is 11.6 Å². The van der Waals surface area contributed by atoms with E-state index < -0.39 is 18.0 Å². The van der Waals surface area contributed by atoms with Crippen molar-refractivity contribution in [2.75, 3.05) is 5.32 Å². The summed E-state index contributed by atoms with van der Waals surface area (Å²) in [7, 11) is 0. The van der Waals surface area contributed by atoms with E-state index in [1.807, 2.05) is 0 Å². The molecule has 2 aromatic rings. The molecule has 110 valence electrons. The molecular weight excluding hydrogens is 382 g/mol. The van der Waals surface area contributed by atoms with Gasteiger partial charge >= 0.3 is 12.0 Å². The summed E-state index contributed by atoms with van der Waals surface area (Å²) in [6.07, 6.45) is 1.53. The lowest BCUT2D eigenvalue weighted by Gasteiger charge is -2.16. The van der Waals surface area contributed by atoms with Gasteiger partial charge in [0.2, 0.25) is 0 Å². The summed E-state index contributed by atoms with van der Waals surface area (Å²) in [6, 6.07) is 4.50. The molecule has 6 nitrogen and oxygen atoms in total. The van der Waals surface area contributed by atoms with Crippen molar-refractivity contribution >= 4 is 56.0 Å². The van der Waals surface area contributed by atoms with Crippen molar-refractivity contribution in [2.45, 2.75) is 6.04 Å². The number of halogens is 2. The van der Waals surface area contributed by atoms with Crippen molar-refractivity contribution in [3.8, 4) is 0 Å². The van der Waals surface area contributed by atoms with Gasteiger partial charge in [0.25, 0.3) is 0 Å². The number of benzene rings is 1. The molecule has 1 heterocycles. The topological polar surface area (TPSA) is 91.3 Å². The van der Waals surface area contributed by atoms with Crippen LogP contribution in [-0.4, -0.2) is 22.1 Å². The summed E-state index contributed by atoms with van der Waals surface area (Å²) in [5, 5.41) is 14.7. The lowest BCUT2D eigenvalue weighted by atomic mass is 10.1. The van der Waals surface area contributed by atoms with E-state index in [1.54, 1.807) is 24.3 Å². The minimum Gasteiger partial charge on any atom is -0.479 e. The highest BCUT2D eigenvalue weighted by molar-refractivity contribution is 9.11. The summed E-state index contributed by atoms with van der Waals surface area (Å²) in [5.41, 5.74) is 0.308. The predicted octanol–water partition coefficient (Wildman–Crippen LogP) is 3.51. The maximum atomic E-state index is 11.8. The van der Waals surface area contributed by atoms with Gasteiger partial charge in [-0.2, -0.15) is 0 Å². The number of urea groups is 1. The summed E-state index contributed by atoms with van der Waals surface area (Å²) in [6.45, 7) is 0. The Balaban J connectivity index is 2.12. The van der Waals surface area contributed by atoms with Crippen LogP contribution in [0.15, 0.2) is 34.2 Å². The van der Waals surface area contributed by atoms with Crippen LogP contribution in [0, 0.1) is 0 Å². The number of aliphatic carboxylic acids is 1. The highest BCUT2D eigenvalue weighted by Crippen LogP contribution is 2.25. The molecule has 21 heavy (non-hydrogen) atoms. The molecule has 0 unspecified atom stereocenters. The molecule has 0 fully saturated rings. The summed E-state index contributed by atoms with van der Waals surface area (Å²) >= 11 is 10.4. The van der Waals surface area contributed by atoms with E-state index in [0.29, 0.717) is 10.7 Å². The average Bonchev–Trinajstić information content (AvgIpc) is 2.82. The van der Waals surface area contributed by atoms with Gasteiger partial charge in [0.1, 0.15) is 0 Å². The second-order valence-electron chi connectivity index (χ2n) is 3.86. The molecule has 2 amide bonds. The number of carbonyl (C=O) groups excluding carboxylic acids is 1. The number of amides is 2. The van der Waals surface area contributed by atoms with E-state index >= 15 is 0 Å². The lowest BCUT2D eigenvalue weighted by Crippen LogP contribution is -2.36.